The molecule has 0 fully saturated rings. The van der Waals surface area contributed by atoms with E-state index in [-0.39, 0.29) is 17.9 Å². The topological polar surface area (TPSA) is 65.1 Å². The van der Waals surface area contributed by atoms with Crippen LogP contribution in [0.15, 0.2) is 53.3 Å². The van der Waals surface area contributed by atoms with E-state index in [1.807, 2.05) is 48.5 Å². The summed E-state index contributed by atoms with van der Waals surface area (Å²) < 4.78 is 1.74. The van der Waals surface area contributed by atoms with Gasteiger partial charge in [-0.05, 0) is 23.9 Å². The lowest BCUT2D eigenvalue weighted by molar-refractivity contribution is -0.118. The molecule has 4 nitrogen and oxygen atoms in total. The molecule has 0 bridgehead atoms. The lowest BCUT2D eigenvalue weighted by atomic mass is 10.1. The number of primary amides is 1. The zero-order valence-corrected chi connectivity index (χ0v) is 11.6. The van der Waals surface area contributed by atoms with Crippen molar-refractivity contribution in [3.8, 4) is 0 Å². The monoisotopic (exact) mass is 280 g/mol. The van der Waals surface area contributed by atoms with Gasteiger partial charge in [-0.3, -0.25) is 9.59 Å². The van der Waals surface area contributed by atoms with E-state index in [1.54, 1.807) is 4.57 Å². The number of amides is 1. The number of hydrogen-bond acceptors (Lipinski definition) is 2. The third-order valence-corrected chi connectivity index (χ3v) is 3.69. The van der Waals surface area contributed by atoms with Crippen LogP contribution >= 0.6 is 0 Å². The van der Waals surface area contributed by atoms with E-state index in [2.05, 4.69) is 0 Å². The second kappa shape index (κ2) is 5.40. The fraction of sp³-hybridized carbons (Fsp3) is 0.176. The zero-order chi connectivity index (χ0) is 14.8. The van der Waals surface area contributed by atoms with Gasteiger partial charge in [0.1, 0.15) is 0 Å². The van der Waals surface area contributed by atoms with Crippen molar-refractivity contribution in [3.05, 3.63) is 58.9 Å². The fourth-order valence-corrected chi connectivity index (χ4v) is 2.73. The van der Waals surface area contributed by atoms with Gasteiger partial charge in [-0.15, -0.1) is 0 Å². The number of para-hydroxylation sites is 1. The smallest absolute Gasteiger partial charge is 0.258 e. The molecule has 2 aromatic carbocycles. The number of nitrogens with two attached hydrogens (primary N) is 1. The minimum atomic E-state index is -0.340. The van der Waals surface area contributed by atoms with Crippen LogP contribution in [-0.2, 0) is 11.3 Å². The van der Waals surface area contributed by atoms with Crippen LogP contribution in [0, 0.1) is 0 Å². The highest BCUT2D eigenvalue weighted by Gasteiger charge is 2.09. The Hall–Kier alpha value is -2.62. The Morgan fingerprint density at radius 3 is 2.29 bits per heavy atom. The Balaban J connectivity index is 2.23. The van der Waals surface area contributed by atoms with Crippen LogP contribution in [0.25, 0.3) is 21.7 Å². The molecule has 3 aromatic rings. The van der Waals surface area contributed by atoms with E-state index in [9.17, 15) is 9.59 Å². The molecule has 0 saturated heterocycles. The third-order valence-electron chi connectivity index (χ3n) is 3.69. The first-order valence-corrected chi connectivity index (χ1v) is 6.97. The first kappa shape index (κ1) is 13.4. The number of rotatable bonds is 4. The van der Waals surface area contributed by atoms with Crippen molar-refractivity contribution >= 4 is 27.6 Å². The van der Waals surface area contributed by atoms with E-state index in [0.29, 0.717) is 18.4 Å². The van der Waals surface area contributed by atoms with Crippen molar-refractivity contribution in [2.75, 3.05) is 0 Å². The molecule has 0 atom stereocenters. The van der Waals surface area contributed by atoms with Gasteiger partial charge >= 0.3 is 0 Å². The Bertz CT molecular complexity index is 881. The van der Waals surface area contributed by atoms with Crippen LogP contribution < -0.4 is 11.3 Å². The highest BCUT2D eigenvalue weighted by Crippen LogP contribution is 2.22. The average molecular weight is 280 g/mol. The van der Waals surface area contributed by atoms with Gasteiger partial charge in [0.2, 0.25) is 5.91 Å². The minimum absolute atomic E-state index is 0.0197. The quantitative estimate of drug-likeness (QED) is 0.746. The molecule has 0 spiro atoms. The fourth-order valence-electron chi connectivity index (χ4n) is 2.73. The van der Waals surface area contributed by atoms with Crippen LogP contribution in [0.2, 0.25) is 0 Å². The average Bonchev–Trinajstić information content (AvgIpc) is 2.50. The summed E-state index contributed by atoms with van der Waals surface area (Å²) in [4.78, 5) is 23.6. The summed E-state index contributed by atoms with van der Waals surface area (Å²) in [5.41, 5.74) is 6.05. The van der Waals surface area contributed by atoms with Crippen LogP contribution in [0.4, 0.5) is 0 Å². The van der Waals surface area contributed by atoms with Crippen molar-refractivity contribution < 1.29 is 4.79 Å². The molecule has 2 N–H and O–H groups in total. The number of pyridine rings is 1. The summed E-state index contributed by atoms with van der Waals surface area (Å²) >= 11 is 0. The lowest BCUT2D eigenvalue weighted by Crippen LogP contribution is -2.22. The Morgan fingerprint density at radius 1 is 0.952 bits per heavy atom. The molecule has 0 saturated carbocycles. The minimum Gasteiger partial charge on any atom is -0.370 e. The summed E-state index contributed by atoms with van der Waals surface area (Å²) in [5, 5.41) is 2.71. The molecule has 106 valence electrons. The molecule has 21 heavy (non-hydrogen) atoms. The number of nitrogens with zero attached hydrogens (tertiary/aromatic N) is 1. The maximum Gasteiger partial charge on any atom is 0.258 e. The van der Waals surface area contributed by atoms with Gasteiger partial charge in [0.25, 0.3) is 5.56 Å². The summed E-state index contributed by atoms with van der Waals surface area (Å²) in [6.45, 7) is 0.493. The molecule has 0 aliphatic heterocycles. The van der Waals surface area contributed by atoms with Gasteiger partial charge in [0.15, 0.2) is 0 Å². The maximum absolute atomic E-state index is 12.7. The second-order valence-corrected chi connectivity index (χ2v) is 5.09. The number of hydrogen-bond donors (Lipinski definition) is 1. The van der Waals surface area contributed by atoms with Crippen LogP contribution in [-0.4, -0.2) is 10.5 Å². The predicted molar refractivity (Wildman–Crippen MR) is 84.1 cm³/mol. The van der Waals surface area contributed by atoms with Crippen molar-refractivity contribution in [3.63, 3.8) is 0 Å². The molecule has 1 amide bonds. The van der Waals surface area contributed by atoms with Crippen LogP contribution in [0.5, 0.6) is 0 Å². The summed E-state index contributed by atoms with van der Waals surface area (Å²) in [5.74, 6) is -0.340. The van der Waals surface area contributed by atoms with Crippen molar-refractivity contribution in [1.29, 1.82) is 0 Å². The molecule has 1 aromatic heterocycles. The normalized spacial score (nSPS) is 11.0. The standard InChI is InChI=1S/C17H16N2O2/c18-16(20)10-5-11-19-15-9-4-3-7-13(15)12-6-1-2-8-14(12)17(19)21/h1-4,6-9H,5,10-11H2,(H2,18,20). The van der Waals surface area contributed by atoms with Gasteiger partial charge in [-0.2, -0.15) is 0 Å². The molecule has 3 rings (SSSR count). The lowest BCUT2D eigenvalue weighted by Gasteiger charge is -2.12. The van der Waals surface area contributed by atoms with E-state index in [0.717, 1.165) is 16.3 Å². The van der Waals surface area contributed by atoms with Crippen molar-refractivity contribution in [1.82, 2.24) is 4.57 Å². The van der Waals surface area contributed by atoms with Gasteiger partial charge in [-0.1, -0.05) is 36.4 Å². The number of carbonyl (C=O) groups excluding carboxylic acids is 1. The summed E-state index contributed by atoms with van der Waals surface area (Å²) in [6.07, 6.45) is 0.852. The van der Waals surface area contributed by atoms with Crippen LogP contribution in [0.3, 0.4) is 0 Å². The highest BCUT2D eigenvalue weighted by molar-refractivity contribution is 6.05. The van der Waals surface area contributed by atoms with E-state index in [4.69, 9.17) is 5.73 Å². The van der Waals surface area contributed by atoms with E-state index < -0.39 is 0 Å². The molecular formula is C17H16N2O2. The number of aryl methyl sites for hydroxylation is 1. The van der Waals surface area contributed by atoms with Crippen molar-refractivity contribution in [2.24, 2.45) is 5.73 Å². The van der Waals surface area contributed by atoms with Crippen molar-refractivity contribution in [2.45, 2.75) is 19.4 Å². The van der Waals surface area contributed by atoms with Gasteiger partial charge < -0.3 is 10.3 Å². The SMILES string of the molecule is NC(=O)CCCn1c(=O)c2ccccc2c2ccccc21. The number of carbonyl (C=O) groups is 1. The number of fused-ring (bicyclic) bond motifs is 3. The van der Waals surface area contributed by atoms with Gasteiger partial charge in [-0.25, -0.2) is 0 Å². The highest BCUT2D eigenvalue weighted by atomic mass is 16.1. The number of aromatic nitrogens is 1. The maximum atomic E-state index is 12.7. The predicted octanol–water partition coefficient (Wildman–Crippen LogP) is 2.42. The molecular weight excluding hydrogens is 264 g/mol. The molecule has 1 heterocycles. The van der Waals surface area contributed by atoms with Crippen LogP contribution in [0.1, 0.15) is 12.8 Å². The van der Waals surface area contributed by atoms with Gasteiger partial charge in [0, 0.05) is 23.7 Å². The number of benzene rings is 2. The first-order valence-electron chi connectivity index (χ1n) is 6.97. The molecule has 0 aliphatic rings. The Labute approximate surface area is 121 Å². The molecule has 0 radical (unpaired) electrons. The summed E-state index contributed by atoms with van der Waals surface area (Å²) in [6, 6.07) is 15.4. The molecule has 0 aliphatic carbocycles. The molecule has 4 heteroatoms. The summed E-state index contributed by atoms with van der Waals surface area (Å²) in [7, 11) is 0. The Kier molecular flexibility index (Phi) is 3.44. The zero-order valence-electron chi connectivity index (χ0n) is 11.6. The second-order valence-electron chi connectivity index (χ2n) is 5.09. The van der Waals surface area contributed by atoms with E-state index in [1.165, 1.54) is 0 Å². The third kappa shape index (κ3) is 2.40. The first-order chi connectivity index (χ1) is 10.2. The Morgan fingerprint density at radius 2 is 1.57 bits per heavy atom. The molecule has 0 unspecified atom stereocenters. The van der Waals surface area contributed by atoms with Gasteiger partial charge in [0.05, 0.1) is 5.52 Å². The largest absolute Gasteiger partial charge is 0.370 e. The van der Waals surface area contributed by atoms with E-state index >= 15 is 0 Å².